The van der Waals surface area contributed by atoms with Gasteiger partial charge in [0.25, 0.3) is 0 Å². The first-order valence-corrected chi connectivity index (χ1v) is 16.3. The number of hydrogen-bond acceptors (Lipinski definition) is 7. The lowest BCUT2D eigenvalue weighted by molar-refractivity contribution is -0.123. The van der Waals surface area contributed by atoms with Gasteiger partial charge in [0.2, 0.25) is 21.8 Å². The van der Waals surface area contributed by atoms with Crippen LogP contribution in [0.25, 0.3) is 0 Å². The van der Waals surface area contributed by atoms with Crippen molar-refractivity contribution >= 4 is 27.5 Å². The normalized spacial score (nSPS) is 29.2. The Kier molecular flexibility index (Phi) is 9.31. The number of rotatable bonds is 9. The molecule has 7 atom stereocenters. The Morgan fingerprint density at radius 1 is 1.15 bits per heavy atom. The van der Waals surface area contributed by atoms with E-state index in [0.717, 1.165) is 49.7 Å². The third-order valence-electron chi connectivity index (χ3n) is 8.84. The van der Waals surface area contributed by atoms with Crippen molar-refractivity contribution in [3.63, 3.8) is 0 Å². The van der Waals surface area contributed by atoms with E-state index in [-0.39, 0.29) is 29.8 Å². The lowest BCUT2D eigenvalue weighted by Crippen LogP contribution is -2.57. The summed E-state index contributed by atoms with van der Waals surface area (Å²) < 4.78 is 32.7. The Balaban J connectivity index is 1.25. The number of sulfonamides is 1. The van der Waals surface area contributed by atoms with Gasteiger partial charge in [0.1, 0.15) is 0 Å². The number of carbonyl (C=O) groups excluding carboxylic acids is 1. The molecule has 3 aliphatic rings. The predicted molar refractivity (Wildman–Crippen MR) is 156 cm³/mol. The van der Waals surface area contributed by atoms with Crippen molar-refractivity contribution in [1.29, 1.82) is 0 Å². The number of piperazine rings is 1. The Morgan fingerprint density at radius 3 is 2.65 bits per heavy atom. The number of nitrogens with one attached hydrogen (secondary N) is 2. The highest BCUT2D eigenvalue weighted by atomic mass is 35.5. The fourth-order valence-electron chi connectivity index (χ4n) is 6.63. The Morgan fingerprint density at radius 2 is 1.93 bits per heavy atom. The first-order chi connectivity index (χ1) is 19.2. The number of amides is 1. The molecule has 2 saturated heterocycles. The molecule has 218 valence electrons. The van der Waals surface area contributed by atoms with Crippen molar-refractivity contribution in [2.24, 2.45) is 11.7 Å². The molecule has 3 unspecified atom stereocenters. The largest absolute Gasteiger partial charge is 0.481 e. The van der Waals surface area contributed by atoms with E-state index in [2.05, 4.69) is 15.6 Å². The molecule has 4 N–H and O–H groups in total. The van der Waals surface area contributed by atoms with Gasteiger partial charge in [0.15, 0.2) is 0 Å². The van der Waals surface area contributed by atoms with E-state index < -0.39 is 22.0 Å². The SMILES string of the molecule is COc1ccc(C(c2ccc(Cl)cc2)C(N)C(=O)N[C@H]2CCC[C@@H]2CC[C@H]2CN[C@@H]3CCCS(=O)(=O)N2C3)cn1. The molecule has 40 heavy (non-hydrogen) atoms. The maximum atomic E-state index is 13.6. The monoisotopic (exact) mass is 589 g/mol. The van der Waals surface area contributed by atoms with Crippen LogP contribution in [0.15, 0.2) is 42.6 Å². The second-order valence-electron chi connectivity index (χ2n) is 11.4. The van der Waals surface area contributed by atoms with E-state index >= 15 is 0 Å². The summed E-state index contributed by atoms with van der Waals surface area (Å²) in [6, 6.07) is 10.4. The molecule has 9 nitrogen and oxygen atoms in total. The summed E-state index contributed by atoms with van der Waals surface area (Å²) in [7, 11) is -1.65. The van der Waals surface area contributed by atoms with Gasteiger partial charge in [-0.25, -0.2) is 13.4 Å². The van der Waals surface area contributed by atoms with Crippen molar-refractivity contribution in [2.45, 2.75) is 75.0 Å². The highest BCUT2D eigenvalue weighted by Crippen LogP contribution is 2.33. The van der Waals surface area contributed by atoms with E-state index in [0.29, 0.717) is 36.3 Å². The summed E-state index contributed by atoms with van der Waals surface area (Å²) in [6.07, 6.45) is 7.90. The van der Waals surface area contributed by atoms with Crippen LogP contribution in [-0.4, -0.2) is 73.7 Å². The number of nitrogens with two attached hydrogens (primary N) is 1. The van der Waals surface area contributed by atoms with E-state index in [9.17, 15) is 13.2 Å². The van der Waals surface area contributed by atoms with Crippen LogP contribution in [0.4, 0.5) is 0 Å². The van der Waals surface area contributed by atoms with E-state index in [1.165, 1.54) is 0 Å². The van der Waals surface area contributed by atoms with Crippen LogP contribution in [0.5, 0.6) is 5.88 Å². The molecule has 1 aromatic carbocycles. The zero-order valence-electron chi connectivity index (χ0n) is 23.0. The summed E-state index contributed by atoms with van der Waals surface area (Å²) in [4.78, 5) is 17.9. The molecule has 11 heteroatoms. The smallest absolute Gasteiger partial charge is 0.238 e. The Hall–Kier alpha value is -2.24. The third kappa shape index (κ3) is 6.62. The predicted octanol–water partition coefficient (Wildman–Crippen LogP) is 3.03. The lowest BCUT2D eigenvalue weighted by Gasteiger charge is -2.38. The molecule has 1 saturated carbocycles. The number of pyridine rings is 1. The molecule has 0 spiro atoms. The topological polar surface area (TPSA) is 127 Å². The number of halogens is 1. The minimum atomic E-state index is -3.21. The van der Waals surface area contributed by atoms with Crippen LogP contribution in [0.1, 0.15) is 62.0 Å². The molecule has 2 aromatic rings. The molecule has 1 amide bonds. The Labute approximate surface area is 242 Å². The number of benzene rings is 1. The van der Waals surface area contributed by atoms with Crippen LogP contribution in [0.2, 0.25) is 5.02 Å². The van der Waals surface area contributed by atoms with Crippen LogP contribution in [0.3, 0.4) is 0 Å². The fourth-order valence-corrected chi connectivity index (χ4v) is 8.56. The standard InChI is InChI=1S/C29H40ClN5O4S/c1-39-26-14-10-21(16-33-26)27(20-7-11-22(30)12-8-20)28(31)29(36)34-25-6-2-4-19(25)9-13-24-17-32-23-5-3-15-40(37,38)35(24)18-23/h7-8,10-12,14,16,19,23-25,27-28,32H,2-6,9,13,15,17-18,31H2,1H3,(H,34,36)/t19-,23-,24+,25+,27?,28?/m1/s1. The number of ether oxygens (including phenoxy) is 1. The van der Waals surface area contributed by atoms with Gasteiger partial charge in [-0.1, -0.05) is 36.2 Å². The highest BCUT2D eigenvalue weighted by Gasteiger charge is 2.39. The van der Waals surface area contributed by atoms with Gasteiger partial charge in [0.05, 0.1) is 18.9 Å². The fraction of sp³-hybridized carbons (Fsp3) is 0.586. The number of methoxy groups -OCH3 is 1. The van der Waals surface area contributed by atoms with Crippen LogP contribution in [-0.2, 0) is 14.8 Å². The summed E-state index contributed by atoms with van der Waals surface area (Å²) in [6.45, 7) is 1.26. The average molecular weight is 590 g/mol. The molecular weight excluding hydrogens is 550 g/mol. The summed E-state index contributed by atoms with van der Waals surface area (Å²) in [5, 5.41) is 7.42. The van der Waals surface area contributed by atoms with Gasteiger partial charge in [-0.05, 0) is 67.7 Å². The van der Waals surface area contributed by atoms with Crippen molar-refractivity contribution in [1.82, 2.24) is 19.9 Å². The van der Waals surface area contributed by atoms with Gasteiger partial charge in [-0.2, -0.15) is 4.31 Å². The molecule has 1 aliphatic carbocycles. The average Bonchev–Trinajstić information content (AvgIpc) is 3.35. The van der Waals surface area contributed by atoms with Crippen molar-refractivity contribution in [3.05, 3.63) is 58.7 Å². The summed E-state index contributed by atoms with van der Waals surface area (Å²) in [5.74, 6) is 0.400. The van der Waals surface area contributed by atoms with Crippen molar-refractivity contribution in [3.8, 4) is 5.88 Å². The first-order valence-electron chi connectivity index (χ1n) is 14.3. The summed E-state index contributed by atoms with van der Waals surface area (Å²) in [5.41, 5.74) is 8.36. The molecule has 5 rings (SSSR count). The number of aromatic nitrogens is 1. The molecule has 2 aliphatic heterocycles. The highest BCUT2D eigenvalue weighted by molar-refractivity contribution is 7.89. The molecule has 1 aromatic heterocycles. The van der Waals surface area contributed by atoms with E-state index in [1.54, 1.807) is 35.8 Å². The quantitative estimate of drug-likeness (QED) is 0.410. The maximum Gasteiger partial charge on any atom is 0.238 e. The molecule has 3 heterocycles. The number of carbonyl (C=O) groups is 1. The van der Waals surface area contributed by atoms with Crippen molar-refractivity contribution < 1.29 is 17.9 Å². The van der Waals surface area contributed by atoms with Gasteiger partial charge in [0, 0.05) is 54.4 Å². The van der Waals surface area contributed by atoms with E-state index in [4.69, 9.17) is 22.1 Å². The van der Waals surface area contributed by atoms with Gasteiger partial charge >= 0.3 is 0 Å². The lowest BCUT2D eigenvalue weighted by atomic mass is 9.85. The van der Waals surface area contributed by atoms with Gasteiger partial charge in [-0.3, -0.25) is 4.79 Å². The van der Waals surface area contributed by atoms with Gasteiger partial charge < -0.3 is 21.1 Å². The summed E-state index contributed by atoms with van der Waals surface area (Å²) >= 11 is 6.13. The minimum Gasteiger partial charge on any atom is -0.481 e. The van der Waals surface area contributed by atoms with Crippen LogP contribution < -0.4 is 21.1 Å². The number of fused-ring (bicyclic) bond motifs is 2. The third-order valence-corrected chi connectivity index (χ3v) is 11.1. The minimum absolute atomic E-state index is 0.0171. The molecule has 0 radical (unpaired) electrons. The van der Waals surface area contributed by atoms with Crippen molar-refractivity contribution in [2.75, 3.05) is 26.0 Å². The second-order valence-corrected chi connectivity index (χ2v) is 13.8. The second kappa shape index (κ2) is 12.7. The van der Waals surface area contributed by atoms with Crippen LogP contribution >= 0.6 is 11.6 Å². The first kappa shape index (κ1) is 29.3. The number of nitrogens with zero attached hydrogens (tertiary/aromatic N) is 2. The van der Waals surface area contributed by atoms with E-state index in [1.807, 2.05) is 18.2 Å². The molecular formula is C29H40ClN5O4S. The maximum absolute atomic E-state index is 13.6. The van der Waals surface area contributed by atoms with Crippen LogP contribution in [0, 0.1) is 5.92 Å². The Bertz CT molecular complexity index is 1260. The zero-order chi connectivity index (χ0) is 28.3. The molecule has 3 fully saturated rings. The van der Waals surface area contributed by atoms with Gasteiger partial charge in [-0.15, -0.1) is 0 Å². The zero-order valence-corrected chi connectivity index (χ0v) is 24.5. The molecule has 2 bridgehead atoms. The number of hydrogen-bond donors (Lipinski definition) is 3.